The lowest BCUT2D eigenvalue weighted by atomic mass is 9.70. The number of hydrogen-bond donors (Lipinski definition) is 1. The Balaban J connectivity index is 1.62. The second-order valence-corrected chi connectivity index (χ2v) is 8.05. The van der Waals surface area contributed by atoms with Crippen molar-refractivity contribution in [3.8, 4) is 0 Å². The minimum absolute atomic E-state index is 0.0821. The molecule has 0 spiro atoms. The molecule has 2 heterocycles. The number of amides is 2. The molecule has 1 aromatic rings. The van der Waals surface area contributed by atoms with E-state index in [1.165, 1.54) is 19.3 Å². The Hall–Kier alpha value is -0.750. The normalized spacial score (nSPS) is 25.1. The minimum Gasteiger partial charge on any atom is -0.337 e. The number of aromatic nitrogens is 1. The summed E-state index contributed by atoms with van der Waals surface area (Å²) < 4.78 is 0. The van der Waals surface area contributed by atoms with Gasteiger partial charge < -0.3 is 10.2 Å². The van der Waals surface area contributed by atoms with Gasteiger partial charge in [0, 0.05) is 36.2 Å². The van der Waals surface area contributed by atoms with Crippen LogP contribution >= 0.6 is 23.1 Å². The van der Waals surface area contributed by atoms with Gasteiger partial charge in [0.25, 0.3) is 0 Å². The van der Waals surface area contributed by atoms with Gasteiger partial charge in [-0.3, -0.25) is 0 Å². The summed E-state index contributed by atoms with van der Waals surface area (Å²) >= 11 is 3.55. The number of carbonyl (C=O) groups excluding carboxylic acids is 1. The summed E-state index contributed by atoms with van der Waals surface area (Å²) in [6.45, 7) is 3.89. The van der Waals surface area contributed by atoms with Gasteiger partial charge in [-0.15, -0.1) is 11.3 Å². The van der Waals surface area contributed by atoms with Crippen molar-refractivity contribution in [2.24, 2.45) is 5.41 Å². The van der Waals surface area contributed by atoms with Crippen molar-refractivity contribution in [1.82, 2.24) is 15.2 Å². The summed E-state index contributed by atoms with van der Waals surface area (Å²) in [6, 6.07) is 0.224. The molecule has 6 heteroatoms. The van der Waals surface area contributed by atoms with E-state index in [1.54, 1.807) is 11.3 Å². The van der Waals surface area contributed by atoms with E-state index in [-0.39, 0.29) is 12.1 Å². The highest BCUT2D eigenvalue weighted by Crippen LogP contribution is 2.39. The third-order valence-corrected chi connectivity index (χ3v) is 6.25. The summed E-state index contributed by atoms with van der Waals surface area (Å²) in [6.07, 6.45) is 5.59. The number of nitrogens with one attached hydrogen (secondary N) is 1. The van der Waals surface area contributed by atoms with Crippen molar-refractivity contribution in [3.63, 3.8) is 0 Å². The van der Waals surface area contributed by atoms with Crippen LogP contribution in [0.3, 0.4) is 0 Å². The summed E-state index contributed by atoms with van der Waals surface area (Å²) in [4.78, 5) is 18.8. The lowest BCUT2D eigenvalue weighted by molar-refractivity contribution is 0.142. The molecule has 4 nitrogen and oxygen atoms in total. The van der Waals surface area contributed by atoms with E-state index < -0.39 is 0 Å². The molecule has 0 radical (unpaired) electrons. The Labute approximate surface area is 128 Å². The molecule has 2 amide bonds. The standard InChI is InChI=1S/C14H21N3OS2/c1-14(3-2-4-14)10-16-13(18)17-6-8-19-9-11(17)12-15-5-7-20-12/h5,7,11H,2-4,6,8-10H2,1H3,(H,16,18)/t11-/m1/s1. The van der Waals surface area contributed by atoms with E-state index in [0.29, 0.717) is 5.41 Å². The number of hydrogen-bond acceptors (Lipinski definition) is 4. The smallest absolute Gasteiger partial charge is 0.318 e. The summed E-state index contributed by atoms with van der Waals surface area (Å²) in [5.74, 6) is 1.98. The predicted molar refractivity (Wildman–Crippen MR) is 84.2 cm³/mol. The summed E-state index contributed by atoms with van der Waals surface area (Å²) in [7, 11) is 0. The van der Waals surface area contributed by atoms with Gasteiger partial charge in [-0.1, -0.05) is 13.3 Å². The number of rotatable bonds is 3. The van der Waals surface area contributed by atoms with Crippen LogP contribution in [0.4, 0.5) is 4.79 Å². The van der Waals surface area contributed by atoms with Crippen LogP contribution in [0.1, 0.15) is 37.2 Å². The van der Waals surface area contributed by atoms with Gasteiger partial charge in [0.1, 0.15) is 5.01 Å². The molecule has 1 aliphatic carbocycles. The minimum atomic E-state index is 0.0821. The molecule has 0 aromatic carbocycles. The van der Waals surface area contributed by atoms with Crippen molar-refractivity contribution in [1.29, 1.82) is 0 Å². The fourth-order valence-electron chi connectivity index (χ4n) is 2.80. The summed E-state index contributed by atoms with van der Waals surface area (Å²) in [5.41, 5.74) is 0.330. The van der Waals surface area contributed by atoms with Gasteiger partial charge in [0.05, 0.1) is 6.04 Å². The second-order valence-electron chi connectivity index (χ2n) is 5.98. The van der Waals surface area contributed by atoms with Crippen molar-refractivity contribution in [2.45, 2.75) is 32.2 Å². The molecule has 1 aliphatic heterocycles. The molecule has 2 aliphatic rings. The molecular formula is C14H21N3OS2. The highest BCUT2D eigenvalue weighted by Gasteiger charge is 2.34. The first-order valence-corrected chi connectivity index (χ1v) is 9.23. The first-order valence-electron chi connectivity index (χ1n) is 7.20. The van der Waals surface area contributed by atoms with Gasteiger partial charge in [-0.25, -0.2) is 9.78 Å². The monoisotopic (exact) mass is 311 g/mol. The average Bonchev–Trinajstić information content (AvgIpc) is 2.96. The molecule has 3 rings (SSSR count). The molecule has 2 fully saturated rings. The molecule has 0 bridgehead atoms. The maximum atomic E-state index is 12.5. The zero-order valence-corrected chi connectivity index (χ0v) is 13.4. The van der Waals surface area contributed by atoms with E-state index in [4.69, 9.17) is 0 Å². The van der Waals surface area contributed by atoms with Crippen LogP contribution < -0.4 is 5.32 Å². The van der Waals surface area contributed by atoms with Crippen molar-refractivity contribution >= 4 is 29.1 Å². The van der Waals surface area contributed by atoms with Crippen molar-refractivity contribution in [3.05, 3.63) is 16.6 Å². The topological polar surface area (TPSA) is 45.2 Å². The van der Waals surface area contributed by atoms with Crippen LogP contribution in [0.15, 0.2) is 11.6 Å². The largest absolute Gasteiger partial charge is 0.337 e. The highest BCUT2D eigenvalue weighted by atomic mass is 32.2. The van der Waals surface area contributed by atoms with Crippen LogP contribution in [0.25, 0.3) is 0 Å². The van der Waals surface area contributed by atoms with E-state index in [1.807, 2.05) is 28.2 Å². The van der Waals surface area contributed by atoms with Gasteiger partial charge in [-0.2, -0.15) is 11.8 Å². The Morgan fingerprint density at radius 1 is 1.60 bits per heavy atom. The van der Waals surface area contributed by atoms with Crippen LogP contribution in [0.2, 0.25) is 0 Å². The Morgan fingerprint density at radius 2 is 2.45 bits per heavy atom. The van der Waals surface area contributed by atoms with Crippen LogP contribution in [0.5, 0.6) is 0 Å². The Bertz CT molecular complexity index is 459. The zero-order chi connectivity index (χ0) is 14.0. The molecule has 1 aromatic heterocycles. The number of nitrogens with zero attached hydrogens (tertiary/aromatic N) is 2. The third kappa shape index (κ3) is 2.96. The number of thiazole rings is 1. The Kier molecular flexibility index (Phi) is 4.21. The average molecular weight is 311 g/mol. The van der Waals surface area contributed by atoms with Crippen LogP contribution in [0, 0.1) is 5.41 Å². The fraction of sp³-hybridized carbons (Fsp3) is 0.714. The van der Waals surface area contributed by atoms with E-state index in [2.05, 4.69) is 17.2 Å². The SMILES string of the molecule is CC1(CNC(=O)N2CCSC[C@@H]2c2nccs2)CCC1. The number of urea groups is 1. The highest BCUT2D eigenvalue weighted by molar-refractivity contribution is 7.99. The van der Waals surface area contributed by atoms with Crippen LogP contribution in [-0.4, -0.2) is 40.5 Å². The quantitative estimate of drug-likeness (QED) is 0.933. The summed E-state index contributed by atoms with van der Waals surface area (Å²) in [5, 5.41) is 6.19. The molecule has 1 N–H and O–H groups in total. The van der Waals surface area contributed by atoms with Crippen molar-refractivity contribution < 1.29 is 4.79 Å². The molecule has 20 heavy (non-hydrogen) atoms. The maximum Gasteiger partial charge on any atom is 0.318 e. The van der Waals surface area contributed by atoms with Crippen LogP contribution in [-0.2, 0) is 0 Å². The van der Waals surface area contributed by atoms with Crippen molar-refractivity contribution in [2.75, 3.05) is 24.6 Å². The van der Waals surface area contributed by atoms with E-state index >= 15 is 0 Å². The van der Waals surface area contributed by atoms with E-state index in [0.717, 1.165) is 29.6 Å². The molecule has 1 atom stereocenters. The van der Waals surface area contributed by atoms with Gasteiger partial charge in [0.15, 0.2) is 0 Å². The van der Waals surface area contributed by atoms with Gasteiger partial charge in [-0.05, 0) is 18.3 Å². The first-order chi connectivity index (χ1) is 9.68. The maximum absolute atomic E-state index is 12.5. The Morgan fingerprint density at radius 3 is 3.10 bits per heavy atom. The lowest BCUT2D eigenvalue weighted by Crippen LogP contribution is -2.49. The van der Waals surface area contributed by atoms with Gasteiger partial charge in [0.2, 0.25) is 0 Å². The number of carbonyl (C=O) groups is 1. The molecule has 110 valence electrons. The second kappa shape index (κ2) is 5.93. The first kappa shape index (κ1) is 14.2. The predicted octanol–water partition coefficient (Wildman–Crippen LogP) is 3.13. The number of thioether (sulfide) groups is 1. The zero-order valence-electron chi connectivity index (χ0n) is 11.8. The van der Waals surface area contributed by atoms with E-state index in [9.17, 15) is 4.79 Å². The molecule has 1 saturated carbocycles. The molecule has 1 saturated heterocycles. The lowest BCUT2D eigenvalue weighted by Gasteiger charge is -2.40. The molecule has 0 unspecified atom stereocenters. The third-order valence-electron chi connectivity index (χ3n) is 4.35. The van der Waals surface area contributed by atoms with Gasteiger partial charge >= 0.3 is 6.03 Å². The fourth-order valence-corrected chi connectivity index (χ4v) is 4.71. The molecular weight excluding hydrogens is 290 g/mol.